The van der Waals surface area contributed by atoms with Gasteiger partial charge in [-0.15, -0.1) is 0 Å². The number of carbonyl (C=O) groups is 3. The average Bonchev–Trinajstić information content (AvgIpc) is 3.13. The van der Waals surface area contributed by atoms with Crippen molar-refractivity contribution in [3.63, 3.8) is 0 Å². The molecule has 1 spiro atoms. The van der Waals surface area contributed by atoms with Crippen LogP contribution in [0.3, 0.4) is 0 Å². The van der Waals surface area contributed by atoms with E-state index in [1.165, 1.54) is 18.6 Å². The third kappa shape index (κ3) is 4.61. The zero-order valence-electron chi connectivity index (χ0n) is 17.1. The highest BCUT2D eigenvalue weighted by atomic mass is 16.5. The van der Waals surface area contributed by atoms with E-state index in [1.807, 2.05) is 0 Å². The van der Waals surface area contributed by atoms with Gasteiger partial charge < -0.3 is 10.2 Å². The zero-order valence-corrected chi connectivity index (χ0v) is 17.1. The number of carbonyl (C=O) groups excluding carboxylic acids is 3. The van der Waals surface area contributed by atoms with Crippen molar-refractivity contribution in [1.29, 1.82) is 0 Å². The molecule has 0 unspecified atom stereocenters. The molecule has 3 amide bonds. The highest BCUT2D eigenvalue weighted by molar-refractivity contribution is 5.97. The minimum absolute atomic E-state index is 0.0293. The molecule has 3 fully saturated rings. The van der Waals surface area contributed by atoms with E-state index < -0.39 is 12.0 Å². The summed E-state index contributed by atoms with van der Waals surface area (Å²) in [6, 6.07) is -0.573. The number of hydrogen-bond donors (Lipinski definition) is 2. The molecule has 1 saturated heterocycles. The van der Waals surface area contributed by atoms with Gasteiger partial charge in [-0.1, -0.05) is 25.7 Å². The second-order valence-electron chi connectivity index (χ2n) is 9.08. The third-order valence-corrected chi connectivity index (χ3v) is 6.84. The van der Waals surface area contributed by atoms with Gasteiger partial charge in [-0.3, -0.25) is 24.6 Å². The molecule has 1 aromatic heterocycles. The first-order valence-corrected chi connectivity index (χ1v) is 10.8. The zero-order chi connectivity index (χ0) is 21.1. The second-order valence-corrected chi connectivity index (χ2v) is 9.08. The largest absolute Gasteiger partial charge is 0.330 e. The molecule has 1 aromatic rings. The first kappa shape index (κ1) is 20.7. The molecule has 2 aliphatic carbocycles. The second kappa shape index (κ2) is 8.67. The van der Waals surface area contributed by atoms with E-state index in [1.54, 1.807) is 4.90 Å². The minimum atomic E-state index is -0.573. The van der Waals surface area contributed by atoms with Crippen molar-refractivity contribution in [2.75, 3.05) is 18.4 Å². The van der Waals surface area contributed by atoms with Gasteiger partial charge in [0.1, 0.15) is 6.04 Å². The quantitative estimate of drug-likeness (QED) is 0.380. The number of amides is 3. The Kier molecular flexibility index (Phi) is 5.99. The van der Waals surface area contributed by atoms with Gasteiger partial charge in [0.15, 0.2) is 5.82 Å². The number of likely N-dealkylation sites (tertiary alicyclic amines) is 1. The lowest BCUT2D eigenvalue weighted by atomic mass is 9.91. The van der Waals surface area contributed by atoms with E-state index in [9.17, 15) is 19.6 Å². The predicted molar refractivity (Wildman–Crippen MR) is 107 cm³/mol. The fourth-order valence-corrected chi connectivity index (χ4v) is 5.04. The van der Waals surface area contributed by atoms with E-state index >= 15 is 0 Å². The summed E-state index contributed by atoms with van der Waals surface area (Å²) < 4.78 is 0. The Morgan fingerprint density at radius 3 is 2.73 bits per heavy atom. The van der Waals surface area contributed by atoms with E-state index in [2.05, 4.69) is 15.3 Å². The van der Waals surface area contributed by atoms with Gasteiger partial charge in [0.2, 0.25) is 18.2 Å². The smallest absolute Gasteiger partial charge is 0.248 e. The van der Waals surface area contributed by atoms with Crippen LogP contribution >= 0.6 is 0 Å². The molecular weight excluding hydrogens is 386 g/mol. The van der Waals surface area contributed by atoms with Crippen LogP contribution in [0.2, 0.25) is 0 Å². The number of nitrogens with zero attached hydrogens (tertiary/aromatic N) is 4. The molecule has 162 valence electrons. The maximum Gasteiger partial charge on any atom is 0.248 e. The summed E-state index contributed by atoms with van der Waals surface area (Å²) >= 11 is 0. The number of anilines is 1. The van der Waals surface area contributed by atoms with Crippen LogP contribution in [0.25, 0.3) is 0 Å². The van der Waals surface area contributed by atoms with E-state index in [4.69, 9.17) is 0 Å². The summed E-state index contributed by atoms with van der Waals surface area (Å²) in [6.07, 6.45) is 12.6. The lowest BCUT2D eigenvalue weighted by Gasteiger charge is -2.30. The first-order valence-electron chi connectivity index (χ1n) is 10.8. The fourth-order valence-electron chi connectivity index (χ4n) is 5.04. The average molecular weight is 415 g/mol. The molecule has 2 N–H and O–H groups in total. The maximum atomic E-state index is 13.5. The van der Waals surface area contributed by atoms with Crippen LogP contribution < -0.4 is 5.32 Å². The summed E-state index contributed by atoms with van der Waals surface area (Å²) in [6.45, 7) is 0.513. The molecule has 2 heterocycles. The van der Waals surface area contributed by atoms with Gasteiger partial charge in [0, 0.05) is 18.9 Å². The monoisotopic (exact) mass is 415 g/mol. The Morgan fingerprint density at radius 2 is 2.10 bits per heavy atom. The number of rotatable bonds is 8. The molecule has 0 aromatic carbocycles. The van der Waals surface area contributed by atoms with E-state index in [0.29, 0.717) is 42.6 Å². The lowest BCUT2D eigenvalue weighted by Crippen LogP contribution is -2.48. The highest BCUT2D eigenvalue weighted by Crippen LogP contribution is 2.55. The number of hydrogen-bond acceptors (Lipinski definition) is 6. The summed E-state index contributed by atoms with van der Waals surface area (Å²) in [4.78, 5) is 47.2. The molecule has 4 rings (SSSR count). The molecule has 1 aliphatic heterocycles. The first-order chi connectivity index (χ1) is 14.5. The molecule has 0 bridgehead atoms. The molecule has 30 heavy (non-hydrogen) atoms. The van der Waals surface area contributed by atoms with Crippen molar-refractivity contribution in [2.24, 2.45) is 17.3 Å². The Balaban J connectivity index is 1.50. The van der Waals surface area contributed by atoms with Crippen molar-refractivity contribution >= 4 is 24.0 Å². The van der Waals surface area contributed by atoms with Crippen molar-refractivity contribution in [3.05, 3.63) is 18.6 Å². The van der Waals surface area contributed by atoms with E-state index in [0.717, 1.165) is 38.5 Å². The van der Waals surface area contributed by atoms with Gasteiger partial charge in [0.05, 0.1) is 18.7 Å². The van der Waals surface area contributed by atoms with Crippen LogP contribution in [-0.2, 0) is 14.4 Å². The molecule has 2 saturated carbocycles. The molecule has 3 aliphatic rings. The molecule has 0 radical (unpaired) electrons. The SMILES string of the molecule is O=CN(O)C[C@@H](CC1CCCC1)C(=O)N1CC2(CC2)C[C@H]1C(=O)Nc1cnccn1. The molecule has 2 atom stereocenters. The van der Waals surface area contributed by atoms with Crippen LogP contribution in [-0.4, -0.2) is 62.5 Å². The predicted octanol–water partition coefficient (Wildman–Crippen LogP) is 1.84. The van der Waals surface area contributed by atoms with Crippen molar-refractivity contribution in [2.45, 2.75) is 57.4 Å². The van der Waals surface area contributed by atoms with Gasteiger partial charge in [-0.2, -0.15) is 0 Å². The standard InChI is InChI=1S/C21H29N5O4/c27-14-25(30)12-16(9-15-3-1-2-4-15)20(29)26-13-21(5-6-21)10-17(26)19(28)24-18-11-22-7-8-23-18/h7-8,11,14-17,30H,1-6,9-10,12-13H2,(H,23,24,28)/t16-,17+/m1/s1. The Labute approximate surface area is 175 Å². The summed E-state index contributed by atoms with van der Waals surface area (Å²) in [5.41, 5.74) is 0.0293. The van der Waals surface area contributed by atoms with Gasteiger partial charge in [-0.25, -0.2) is 10.0 Å². The van der Waals surface area contributed by atoms with Crippen LogP contribution in [0.4, 0.5) is 5.82 Å². The lowest BCUT2D eigenvalue weighted by molar-refractivity contribution is -0.158. The van der Waals surface area contributed by atoms with Crippen LogP contribution in [0.5, 0.6) is 0 Å². The summed E-state index contributed by atoms with van der Waals surface area (Å²) in [7, 11) is 0. The normalized spacial score (nSPS) is 23.4. The summed E-state index contributed by atoms with van der Waals surface area (Å²) in [5, 5.41) is 13.1. The number of nitrogens with one attached hydrogen (secondary N) is 1. The molecule has 9 nitrogen and oxygen atoms in total. The number of hydroxylamine groups is 2. The molecule has 9 heteroatoms. The van der Waals surface area contributed by atoms with Crippen molar-refractivity contribution in [3.8, 4) is 0 Å². The van der Waals surface area contributed by atoms with E-state index in [-0.39, 0.29) is 23.8 Å². The summed E-state index contributed by atoms with van der Waals surface area (Å²) in [5.74, 6) is -0.140. The van der Waals surface area contributed by atoms with Crippen LogP contribution in [0, 0.1) is 17.3 Å². The van der Waals surface area contributed by atoms with Crippen molar-refractivity contribution in [1.82, 2.24) is 19.9 Å². The van der Waals surface area contributed by atoms with Gasteiger partial charge >= 0.3 is 0 Å². The fraction of sp³-hybridized carbons (Fsp3) is 0.667. The molecular formula is C21H29N5O4. The Morgan fingerprint density at radius 1 is 1.33 bits per heavy atom. The van der Waals surface area contributed by atoms with Crippen LogP contribution in [0.15, 0.2) is 18.6 Å². The van der Waals surface area contributed by atoms with Gasteiger partial charge in [-0.05, 0) is 37.0 Å². The highest BCUT2D eigenvalue weighted by Gasteiger charge is 2.55. The third-order valence-electron chi connectivity index (χ3n) is 6.84. The van der Waals surface area contributed by atoms with Crippen LogP contribution in [0.1, 0.15) is 51.4 Å². The van der Waals surface area contributed by atoms with Crippen molar-refractivity contribution < 1.29 is 19.6 Å². The minimum Gasteiger partial charge on any atom is -0.330 e. The Bertz CT molecular complexity index is 779. The topological polar surface area (TPSA) is 116 Å². The Hall–Kier alpha value is -2.55. The van der Waals surface area contributed by atoms with Gasteiger partial charge in [0.25, 0.3) is 0 Å². The number of aromatic nitrogens is 2. The maximum absolute atomic E-state index is 13.5.